The highest BCUT2D eigenvalue weighted by Crippen LogP contribution is 2.30. The molecule has 1 aromatic heterocycles. The van der Waals surface area contributed by atoms with Crippen LogP contribution in [0.5, 0.6) is 0 Å². The molecule has 20 heavy (non-hydrogen) atoms. The summed E-state index contributed by atoms with van der Waals surface area (Å²) in [7, 11) is 1.54. The van der Waals surface area contributed by atoms with E-state index in [4.69, 9.17) is 0 Å². The smallest absolute Gasteiger partial charge is 0.312 e. The van der Waals surface area contributed by atoms with Gasteiger partial charge in [-0.25, -0.2) is 4.98 Å². The lowest BCUT2D eigenvalue weighted by molar-refractivity contribution is -0.384. The summed E-state index contributed by atoms with van der Waals surface area (Å²) in [5, 5.41) is 16.8. The van der Waals surface area contributed by atoms with Crippen LogP contribution in [0.3, 0.4) is 0 Å². The van der Waals surface area contributed by atoms with Gasteiger partial charge in [0.1, 0.15) is 6.04 Å². The highest BCUT2D eigenvalue weighted by molar-refractivity contribution is 9.10. The SMILES string of the molecule is CNC(=O)C1CNCCN1c1ncc(Br)cc1[N+](=O)[O-]. The maximum absolute atomic E-state index is 11.9. The van der Waals surface area contributed by atoms with Crippen LogP contribution in [0.15, 0.2) is 16.7 Å². The Labute approximate surface area is 123 Å². The topological polar surface area (TPSA) is 100 Å². The lowest BCUT2D eigenvalue weighted by Gasteiger charge is -2.35. The highest BCUT2D eigenvalue weighted by atomic mass is 79.9. The summed E-state index contributed by atoms with van der Waals surface area (Å²) in [5.74, 6) is 0.0181. The fourth-order valence-corrected chi connectivity index (χ4v) is 2.45. The van der Waals surface area contributed by atoms with Gasteiger partial charge in [0.25, 0.3) is 0 Å². The van der Waals surface area contributed by atoms with Crippen molar-refractivity contribution in [2.45, 2.75) is 6.04 Å². The van der Waals surface area contributed by atoms with Crippen molar-refractivity contribution in [1.82, 2.24) is 15.6 Å². The molecule has 2 N–H and O–H groups in total. The van der Waals surface area contributed by atoms with Crippen LogP contribution in [0.25, 0.3) is 0 Å². The predicted octanol–water partition coefficient (Wildman–Crippen LogP) is 0.276. The van der Waals surface area contributed by atoms with Crippen molar-refractivity contribution in [3.8, 4) is 0 Å². The number of amides is 1. The second kappa shape index (κ2) is 6.14. The third kappa shape index (κ3) is 2.88. The second-order valence-electron chi connectivity index (χ2n) is 4.28. The van der Waals surface area contributed by atoms with Crippen LogP contribution in [-0.2, 0) is 4.79 Å². The van der Waals surface area contributed by atoms with Crippen molar-refractivity contribution in [2.24, 2.45) is 0 Å². The molecule has 0 spiro atoms. The van der Waals surface area contributed by atoms with Gasteiger partial charge in [0.05, 0.1) is 4.92 Å². The van der Waals surface area contributed by atoms with Crippen molar-refractivity contribution in [2.75, 3.05) is 31.6 Å². The maximum Gasteiger partial charge on any atom is 0.312 e. The lowest BCUT2D eigenvalue weighted by atomic mass is 10.1. The Morgan fingerprint density at radius 2 is 2.45 bits per heavy atom. The molecule has 0 radical (unpaired) electrons. The molecule has 1 unspecified atom stereocenters. The molecule has 0 bridgehead atoms. The van der Waals surface area contributed by atoms with Gasteiger partial charge in [-0.3, -0.25) is 14.9 Å². The molecule has 1 atom stereocenters. The van der Waals surface area contributed by atoms with E-state index in [1.807, 2.05) is 0 Å². The number of aromatic nitrogens is 1. The number of rotatable bonds is 3. The van der Waals surface area contributed by atoms with Gasteiger partial charge >= 0.3 is 5.69 Å². The Morgan fingerprint density at radius 1 is 1.70 bits per heavy atom. The Morgan fingerprint density at radius 3 is 3.10 bits per heavy atom. The molecule has 9 heteroatoms. The van der Waals surface area contributed by atoms with Gasteiger partial charge < -0.3 is 15.5 Å². The van der Waals surface area contributed by atoms with E-state index in [0.717, 1.165) is 0 Å². The summed E-state index contributed by atoms with van der Waals surface area (Å²) in [6, 6.07) is 0.881. The second-order valence-corrected chi connectivity index (χ2v) is 5.20. The number of nitrogens with one attached hydrogen (secondary N) is 2. The van der Waals surface area contributed by atoms with Gasteiger partial charge in [0.2, 0.25) is 11.7 Å². The first-order chi connectivity index (χ1) is 9.54. The fraction of sp³-hybridized carbons (Fsp3) is 0.455. The third-order valence-electron chi connectivity index (χ3n) is 3.08. The van der Waals surface area contributed by atoms with Crippen molar-refractivity contribution in [1.29, 1.82) is 0 Å². The summed E-state index contributed by atoms with van der Waals surface area (Å²) in [5.41, 5.74) is -0.116. The number of hydrogen-bond acceptors (Lipinski definition) is 6. The third-order valence-corrected chi connectivity index (χ3v) is 3.51. The molecule has 1 saturated heterocycles. The van der Waals surface area contributed by atoms with Crippen LogP contribution in [0.1, 0.15) is 0 Å². The molecule has 1 aliphatic rings. The van der Waals surface area contributed by atoms with Gasteiger partial charge in [0.15, 0.2) is 0 Å². The number of nitrogens with zero attached hydrogens (tertiary/aromatic N) is 3. The van der Waals surface area contributed by atoms with Gasteiger partial charge in [-0.2, -0.15) is 0 Å². The van der Waals surface area contributed by atoms with E-state index in [1.54, 1.807) is 11.9 Å². The lowest BCUT2D eigenvalue weighted by Crippen LogP contribution is -2.58. The molecule has 1 aliphatic heterocycles. The number of nitro groups is 1. The number of likely N-dealkylation sites (N-methyl/N-ethyl adjacent to an activating group) is 1. The molecule has 1 aromatic rings. The average molecular weight is 344 g/mol. The number of carbonyl (C=O) groups excluding carboxylic acids is 1. The Balaban J connectivity index is 2.42. The number of piperazine rings is 1. The van der Waals surface area contributed by atoms with Crippen LogP contribution in [0.4, 0.5) is 11.5 Å². The molecule has 1 fully saturated rings. The Hall–Kier alpha value is -1.74. The summed E-state index contributed by atoms with van der Waals surface area (Å²) in [6.07, 6.45) is 1.49. The molecular weight excluding hydrogens is 330 g/mol. The van der Waals surface area contributed by atoms with Crippen LogP contribution >= 0.6 is 15.9 Å². The molecule has 108 valence electrons. The molecule has 2 rings (SSSR count). The van der Waals surface area contributed by atoms with E-state index in [2.05, 4.69) is 31.5 Å². The first kappa shape index (κ1) is 14.7. The van der Waals surface area contributed by atoms with E-state index < -0.39 is 11.0 Å². The molecule has 8 nitrogen and oxygen atoms in total. The van der Waals surface area contributed by atoms with Crippen molar-refractivity contribution >= 4 is 33.3 Å². The zero-order chi connectivity index (χ0) is 14.7. The minimum absolute atomic E-state index is 0.116. The maximum atomic E-state index is 11.9. The van der Waals surface area contributed by atoms with Crippen LogP contribution in [0, 0.1) is 10.1 Å². The zero-order valence-electron chi connectivity index (χ0n) is 10.8. The number of pyridine rings is 1. The number of hydrogen-bond donors (Lipinski definition) is 2. The number of anilines is 1. The molecule has 0 saturated carbocycles. The minimum atomic E-state index is -0.513. The van der Waals surface area contributed by atoms with Gasteiger partial charge in [-0.1, -0.05) is 0 Å². The monoisotopic (exact) mass is 343 g/mol. The predicted molar refractivity (Wildman–Crippen MR) is 76.7 cm³/mol. The Kier molecular flexibility index (Phi) is 4.50. The molecule has 0 aromatic carbocycles. The minimum Gasteiger partial charge on any atom is -0.357 e. The normalized spacial score (nSPS) is 18.7. The van der Waals surface area contributed by atoms with Gasteiger partial charge in [-0.05, 0) is 15.9 Å². The molecular formula is C11H14BrN5O3. The van der Waals surface area contributed by atoms with Crippen molar-refractivity contribution < 1.29 is 9.72 Å². The summed E-state index contributed by atoms with van der Waals surface area (Å²) < 4.78 is 0.527. The molecule has 2 heterocycles. The first-order valence-electron chi connectivity index (χ1n) is 6.03. The summed E-state index contributed by atoms with van der Waals surface area (Å²) in [4.78, 5) is 28.4. The van der Waals surface area contributed by atoms with Crippen molar-refractivity contribution in [3.05, 3.63) is 26.9 Å². The molecule has 0 aliphatic carbocycles. The summed E-state index contributed by atoms with van der Waals surface area (Å²) in [6.45, 7) is 1.55. The van der Waals surface area contributed by atoms with E-state index in [-0.39, 0.29) is 17.4 Å². The average Bonchev–Trinajstić information content (AvgIpc) is 2.46. The van der Waals surface area contributed by atoms with Gasteiger partial charge in [-0.15, -0.1) is 0 Å². The van der Waals surface area contributed by atoms with Gasteiger partial charge in [0, 0.05) is 43.4 Å². The van der Waals surface area contributed by atoms with E-state index in [9.17, 15) is 14.9 Å². The number of carbonyl (C=O) groups is 1. The van der Waals surface area contributed by atoms with Crippen molar-refractivity contribution in [3.63, 3.8) is 0 Å². The van der Waals surface area contributed by atoms with Crippen LogP contribution in [-0.4, -0.2) is 48.5 Å². The molecule has 1 amide bonds. The largest absolute Gasteiger partial charge is 0.357 e. The summed E-state index contributed by atoms with van der Waals surface area (Å²) >= 11 is 3.17. The van der Waals surface area contributed by atoms with Crippen LogP contribution < -0.4 is 15.5 Å². The number of halogens is 1. The van der Waals surface area contributed by atoms with E-state index in [0.29, 0.717) is 24.1 Å². The van der Waals surface area contributed by atoms with E-state index >= 15 is 0 Å². The van der Waals surface area contributed by atoms with E-state index in [1.165, 1.54) is 12.3 Å². The highest BCUT2D eigenvalue weighted by Gasteiger charge is 2.33. The zero-order valence-corrected chi connectivity index (χ0v) is 12.4. The van der Waals surface area contributed by atoms with Crippen LogP contribution in [0.2, 0.25) is 0 Å². The Bertz CT molecular complexity index is 539. The standard InChI is InChI=1S/C11H14BrN5O3/c1-13-11(18)9-6-14-2-3-16(9)10-8(17(19)20)4-7(12)5-15-10/h4-5,9,14H,2-3,6H2,1H3,(H,13,18). The quantitative estimate of drug-likeness (QED) is 0.603. The fourth-order valence-electron chi connectivity index (χ4n) is 2.14. The first-order valence-corrected chi connectivity index (χ1v) is 6.82.